The van der Waals surface area contributed by atoms with E-state index in [4.69, 9.17) is 20.0 Å². The van der Waals surface area contributed by atoms with Gasteiger partial charge in [0.05, 0.1) is 17.4 Å². The second-order valence-corrected chi connectivity index (χ2v) is 8.73. The summed E-state index contributed by atoms with van der Waals surface area (Å²) in [5.41, 5.74) is 2.12. The van der Waals surface area contributed by atoms with Crippen molar-refractivity contribution in [2.75, 3.05) is 31.1 Å². The van der Waals surface area contributed by atoms with Crippen molar-refractivity contribution >= 4 is 23.2 Å². The summed E-state index contributed by atoms with van der Waals surface area (Å²) >= 11 is 0. The fourth-order valence-corrected chi connectivity index (χ4v) is 4.40. The predicted octanol–water partition coefficient (Wildman–Crippen LogP) is 4.12. The van der Waals surface area contributed by atoms with E-state index in [1.165, 1.54) is 24.6 Å². The zero-order chi connectivity index (χ0) is 25.9. The van der Waals surface area contributed by atoms with Crippen molar-refractivity contribution < 1.29 is 32.3 Å². The number of benzene rings is 1. The molecule has 0 aliphatic carbocycles. The van der Waals surface area contributed by atoms with E-state index in [1.807, 2.05) is 16.8 Å². The highest BCUT2D eigenvalue weighted by molar-refractivity contribution is 5.94. The molecule has 5 rings (SSSR count). The molecule has 36 heavy (non-hydrogen) atoms. The average Bonchev–Trinajstić information content (AvgIpc) is 3.54. The second-order valence-electron chi connectivity index (χ2n) is 8.73. The Balaban J connectivity index is 0.000000384. The minimum absolute atomic E-state index is 0.0645. The number of rotatable bonds is 3. The van der Waals surface area contributed by atoms with Gasteiger partial charge >= 0.3 is 12.1 Å². The first kappa shape index (κ1) is 25.4. The summed E-state index contributed by atoms with van der Waals surface area (Å²) in [5.74, 6) is -2.66. The molecule has 3 aromatic rings. The fourth-order valence-electron chi connectivity index (χ4n) is 4.40. The molecule has 0 bridgehead atoms. The van der Waals surface area contributed by atoms with Crippen LogP contribution in [0, 0.1) is 5.82 Å². The standard InChI is InChI=1S/C22H24FN5O.C2HF3O2/c23-19-8-2-1-7-18(19)22(29)27-13-5-6-16(14-27)21-24-20-10-9-17(15-28(20)25-21)26-11-3-4-12-26;3-2(4,5)1(6)7/h1-2,7-10,15-16H,3-6,11-14H2;(H,6,7). The fraction of sp³-hybridized carbons (Fsp3) is 0.417. The topological polar surface area (TPSA) is 91.0 Å². The normalized spacial score (nSPS) is 18.2. The lowest BCUT2D eigenvalue weighted by atomic mass is 9.96. The van der Waals surface area contributed by atoms with Gasteiger partial charge in [-0.1, -0.05) is 12.1 Å². The Morgan fingerprint density at radius 3 is 2.36 bits per heavy atom. The predicted molar refractivity (Wildman–Crippen MR) is 122 cm³/mol. The van der Waals surface area contributed by atoms with Crippen LogP contribution in [0.4, 0.5) is 23.2 Å². The SMILES string of the molecule is O=C(O)C(F)(F)F.O=C(c1ccccc1F)N1CCCC(c2nc3ccc(N4CCCC4)cn3n2)C1. The number of nitrogens with zero attached hydrogens (tertiary/aromatic N) is 5. The van der Waals surface area contributed by atoms with Gasteiger partial charge in [0, 0.05) is 32.1 Å². The second kappa shape index (κ2) is 10.5. The number of carbonyl (C=O) groups is 2. The lowest BCUT2D eigenvalue weighted by Gasteiger charge is -2.31. The molecule has 1 N–H and O–H groups in total. The number of alkyl halides is 3. The molecule has 1 amide bonds. The van der Waals surface area contributed by atoms with Gasteiger partial charge in [0.1, 0.15) is 5.82 Å². The molecular weight excluding hydrogens is 482 g/mol. The highest BCUT2D eigenvalue weighted by Gasteiger charge is 2.38. The first-order valence-corrected chi connectivity index (χ1v) is 11.6. The molecule has 2 saturated heterocycles. The summed E-state index contributed by atoms with van der Waals surface area (Å²) in [7, 11) is 0. The van der Waals surface area contributed by atoms with Gasteiger partial charge in [-0.05, 0) is 49.9 Å². The third-order valence-electron chi connectivity index (χ3n) is 6.22. The first-order valence-electron chi connectivity index (χ1n) is 11.6. The molecule has 0 saturated carbocycles. The van der Waals surface area contributed by atoms with Crippen LogP contribution in [0.15, 0.2) is 42.6 Å². The Morgan fingerprint density at radius 2 is 1.69 bits per heavy atom. The number of pyridine rings is 1. The quantitative estimate of drug-likeness (QED) is 0.537. The van der Waals surface area contributed by atoms with Crippen LogP contribution in [0.5, 0.6) is 0 Å². The van der Waals surface area contributed by atoms with Crippen molar-refractivity contribution in [3.8, 4) is 0 Å². The van der Waals surface area contributed by atoms with Crippen LogP contribution in [0.3, 0.4) is 0 Å². The number of aromatic nitrogens is 3. The van der Waals surface area contributed by atoms with Gasteiger partial charge < -0.3 is 14.9 Å². The number of hydrogen-bond donors (Lipinski definition) is 1. The van der Waals surface area contributed by atoms with Gasteiger partial charge in [-0.2, -0.15) is 18.3 Å². The van der Waals surface area contributed by atoms with E-state index in [0.717, 1.165) is 37.4 Å². The first-order chi connectivity index (χ1) is 17.1. The van der Waals surface area contributed by atoms with Crippen molar-refractivity contribution in [3.05, 3.63) is 59.8 Å². The molecule has 2 aliphatic heterocycles. The summed E-state index contributed by atoms with van der Waals surface area (Å²) in [6.45, 7) is 3.32. The maximum absolute atomic E-state index is 14.0. The maximum atomic E-state index is 14.0. The highest BCUT2D eigenvalue weighted by atomic mass is 19.4. The Kier molecular flexibility index (Phi) is 7.41. The average molecular weight is 507 g/mol. The minimum Gasteiger partial charge on any atom is -0.475 e. The zero-order valence-electron chi connectivity index (χ0n) is 19.3. The van der Waals surface area contributed by atoms with Crippen molar-refractivity contribution in [2.24, 2.45) is 0 Å². The number of likely N-dealkylation sites (tertiary alicyclic amines) is 1. The minimum atomic E-state index is -5.08. The molecule has 8 nitrogen and oxygen atoms in total. The van der Waals surface area contributed by atoms with Crippen LogP contribution in [-0.2, 0) is 4.79 Å². The molecule has 1 aromatic carbocycles. The summed E-state index contributed by atoms with van der Waals surface area (Å²) in [4.78, 5) is 30.5. The number of amides is 1. The Morgan fingerprint density at radius 1 is 1.00 bits per heavy atom. The van der Waals surface area contributed by atoms with Gasteiger partial charge in [0.25, 0.3) is 5.91 Å². The van der Waals surface area contributed by atoms with Gasteiger partial charge in [-0.15, -0.1) is 0 Å². The van der Waals surface area contributed by atoms with Gasteiger partial charge in [0.15, 0.2) is 11.5 Å². The third-order valence-corrected chi connectivity index (χ3v) is 6.22. The molecule has 2 aliphatic rings. The number of aliphatic carboxylic acids is 1. The van der Waals surface area contributed by atoms with Gasteiger partial charge in [-0.25, -0.2) is 18.7 Å². The summed E-state index contributed by atoms with van der Waals surface area (Å²) in [6.07, 6.45) is 1.21. The van der Waals surface area contributed by atoms with E-state index in [1.54, 1.807) is 23.1 Å². The number of fused-ring (bicyclic) bond motifs is 1. The lowest BCUT2D eigenvalue weighted by molar-refractivity contribution is -0.192. The number of hydrogen-bond acceptors (Lipinski definition) is 5. The van der Waals surface area contributed by atoms with Crippen LogP contribution >= 0.6 is 0 Å². The van der Waals surface area contributed by atoms with E-state index in [0.29, 0.717) is 13.1 Å². The number of halogens is 4. The molecule has 0 spiro atoms. The molecule has 0 radical (unpaired) electrons. The van der Waals surface area contributed by atoms with Crippen LogP contribution < -0.4 is 4.90 Å². The molecule has 12 heteroatoms. The molecule has 2 aromatic heterocycles. The number of carboxylic acids is 1. The summed E-state index contributed by atoms with van der Waals surface area (Å²) in [6, 6.07) is 10.3. The van der Waals surface area contributed by atoms with E-state index in [9.17, 15) is 22.4 Å². The van der Waals surface area contributed by atoms with E-state index >= 15 is 0 Å². The van der Waals surface area contributed by atoms with Crippen molar-refractivity contribution in [1.29, 1.82) is 0 Å². The van der Waals surface area contributed by atoms with E-state index in [2.05, 4.69) is 11.0 Å². The van der Waals surface area contributed by atoms with E-state index < -0.39 is 18.0 Å². The van der Waals surface area contributed by atoms with Crippen LogP contribution in [0.1, 0.15) is 47.8 Å². The largest absolute Gasteiger partial charge is 0.490 e. The third kappa shape index (κ3) is 5.74. The monoisotopic (exact) mass is 507 g/mol. The Labute approximate surface area is 204 Å². The van der Waals surface area contributed by atoms with E-state index in [-0.39, 0.29) is 17.4 Å². The van der Waals surface area contributed by atoms with Crippen molar-refractivity contribution in [3.63, 3.8) is 0 Å². The number of piperidine rings is 1. The highest BCUT2D eigenvalue weighted by Crippen LogP contribution is 2.27. The molecule has 4 heterocycles. The summed E-state index contributed by atoms with van der Waals surface area (Å²) < 4.78 is 47.6. The van der Waals surface area contributed by atoms with Crippen molar-refractivity contribution in [1.82, 2.24) is 19.5 Å². The zero-order valence-corrected chi connectivity index (χ0v) is 19.3. The smallest absolute Gasteiger partial charge is 0.475 e. The molecule has 1 atom stereocenters. The van der Waals surface area contributed by atoms with Crippen LogP contribution in [0.2, 0.25) is 0 Å². The Hall–Kier alpha value is -3.70. The van der Waals surface area contributed by atoms with Gasteiger partial charge in [0.2, 0.25) is 0 Å². The number of carboxylic acid groups (broad SMARTS) is 1. The Bertz CT molecular complexity index is 1240. The van der Waals surface area contributed by atoms with Crippen molar-refractivity contribution in [2.45, 2.75) is 37.8 Å². The molecular formula is C24H25F4N5O3. The van der Waals surface area contributed by atoms with Crippen LogP contribution in [0.25, 0.3) is 5.65 Å². The van der Waals surface area contributed by atoms with Gasteiger partial charge in [-0.3, -0.25) is 4.79 Å². The molecule has 1 unspecified atom stereocenters. The van der Waals surface area contributed by atoms with Crippen LogP contribution in [-0.4, -0.2) is 68.8 Å². The maximum Gasteiger partial charge on any atom is 0.490 e. The number of carbonyl (C=O) groups excluding carboxylic acids is 1. The molecule has 2 fully saturated rings. The summed E-state index contributed by atoms with van der Waals surface area (Å²) in [5, 5.41) is 11.8. The number of anilines is 1. The molecule has 192 valence electrons. The lowest BCUT2D eigenvalue weighted by Crippen LogP contribution is -2.39.